The van der Waals surface area contributed by atoms with Crippen molar-refractivity contribution in [1.82, 2.24) is 69.2 Å². The molecule has 10 rings (SSSR count). The first-order valence-electron chi connectivity index (χ1n) is 37.6. The van der Waals surface area contributed by atoms with Gasteiger partial charge >= 0.3 is 0 Å². The number of hydrogen-bond donors (Lipinski definition) is 13. The summed E-state index contributed by atoms with van der Waals surface area (Å²) in [5.74, 6) is 13.0. The topological polar surface area (TPSA) is 268 Å². The van der Waals surface area contributed by atoms with Crippen molar-refractivity contribution >= 4 is 41.1 Å². The van der Waals surface area contributed by atoms with Crippen LogP contribution in [0.5, 0.6) is 0 Å². The lowest BCUT2D eigenvalue weighted by Gasteiger charge is -2.20. The number of hydrogen-bond acceptors (Lipinski definition) is 22. The van der Waals surface area contributed by atoms with Crippen molar-refractivity contribution in [2.45, 2.75) is 185 Å². The first kappa shape index (κ1) is 104. The van der Waals surface area contributed by atoms with Crippen molar-refractivity contribution in [1.29, 1.82) is 0 Å². The zero-order chi connectivity index (χ0) is 83.1. The van der Waals surface area contributed by atoms with Gasteiger partial charge in [-0.05, 0) is 66.2 Å². The van der Waals surface area contributed by atoms with Crippen LogP contribution in [0.3, 0.4) is 0 Å². The molecule has 0 amide bonds. The number of azo groups is 1. The van der Waals surface area contributed by atoms with Gasteiger partial charge in [0, 0.05) is 156 Å². The van der Waals surface area contributed by atoms with E-state index in [9.17, 15) is 0 Å². The van der Waals surface area contributed by atoms with E-state index >= 15 is 0 Å². The van der Waals surface area contributed by atoms with Crippen LogP contribution in [0.1, 0.15) is 185 Å². The Morgan fingerprint density at radius 3 is 1.32 bits per heavy atom. The van der Waals surface area contributed by atoms with Crippen molar-refractivity contribution in [3.05, 3.63) is 234 Å². The third-order valence-electron chi connectivity index (χ3n) is 11.8. The quantitative estimate of drug-likeness (QED) is 0.118. The van der Waals surface area contributed by atoms with Crippen LogP contribution in [0.4, 0.5) is 0 Å². The Morgan fingerprint density at radius 2 is 0.935 bits per heavy atom. The summed E-state index contributed by atoms with van der Waals surface area (Å²) in [4.78, 5) is 25.2. The van der Waals surface area contributed by atoms with Crippen LogP contribution in [0.2, 0.25) is 0 Å². The highest BCUT2D eigenvalue weighted by atomic mass is 15.4. The molecule has 22 nitrogen and oxygen atoms in total. The average Bonchev–Trinajstić information content (AvgIpc) is 1.57. The van der Waals surface area contributed by atoms with Gasteiger partial charge in [0.05, 0.1) is 24.9 Å². The van der Waals surface area contributed by atoms with Gasteiger partial charge in [-0.1, -0.05) is 257 Å². The van der Waals surface area contributed by atoms with Crippen LogP contribution in [-0.2, 0) is 0 Å². The summed E-state index contributed by atoms with van der Waals surface area (Å²) >= 11 is 0. The smallest absolute Gasteiger partial charge is 0.173 e. The Morgan fingerprint density at radius 1 is 0.389 bits per heavy atom. The molecule has 108 heavy (non-hydrogen) atoms. The van der Waals surface area contributed by atoms with Gasteiger partial charge in [-0.3, -0.25) is 30.4 Å². The molecule has 0 aromatic rings. The Hall–Kier alpha value is -10.2. The zero-order valence-corrected chi connectivity index (χ0v) is 71.3. The summed E-state index contributed by atoms with van der Waals surface area (Å²) in [6.45, 7) is 95.3. The molecule has 10 heterocycles. The third kappa shape index (κ3) is 70.1. The molecule has 602 valence electrons. The summed E-state index contributed by atoms with van der Waals surface area (Å²) in [5, 5.41) is 47.5. The van der Waals surface area contributed by atoms with E-state index in [1.54, 1.807) is 31.0 Å². The molecule has 10 aliphatic rings. The predicted molar refractivity (Wildman–Crippen MR) is 477 cm³/mol. The fourth-order valence-corrected chi connectivity index (χ4v) is 6.73. The largest absolute Gasteiger partial charge is 0.374 e. The van der Waals surface area contributed by atoms with Gasteiger partial charge in [0.1, 0.15) is 30.0 Å². The molecular weight excluding hydrogens is 1340 g/mol. The van der Waals surface area contributed by atoms with Crippen molar-refractivity contribution in [3.63, 3.8) is 0 Å². The predicted octanol–water partition coefficient (Wildman–Crippen LogP) is 18.8. The summed E-state index contributed by atoms with van der Waals surface area (Å²) in [6, 6.07) is 0. The SMILES string of the molecule is C=C1C=CC=CN1.C=C1C=CCN=C(C(C)C)N1.C=C1C=CNC(=C)N1.C=C1C=CNCN1.C=C1C=NC=CN1.C=C1CC(C(C)C)=NC=CN1.C=C1CC=CN=C(C(C)C)N1.C=C1CCN=C(C(C)C)N1.C=C1N=NC(C(C)C)=NN1.C=C1NCN=C(C(C)C)N1.CC(C)C.CC(C)C.CC(C)C.CC(C)C. The molecule has 13 N–H and O–H groups in total. The highest BCUT2D eigenvalue weighted by molar-refractivity contribution is 5.89. The molecule has 0 saturated heterocycles. The zero-order valence-electron chi connectivity index (χ0n) is 71.3. The second-order valence-electron chi connectivity index (χ2n) is 29.5. The molecule has 0 unspecified atom stereocenters. The van der Waals surface area contributed by atoms with Crippen LogP contribution in [0.15, 0.2) is 279 Å². The van der Waals surface area contributed by atoms with Crippen LogP contribution in [-0.4, -0.2) is 67.5 Å². The molecule has 22 heteroatoms. The van der Waals surface area contributed by atoms with Gasteiger partial charge in [-0.25, -0.2) is 4.99 Å². The van der Waals surface area contributed by atoms with Gasteiger partial charge in [0.2, 0.25) is 0 Å². The van der Waals surface area contributed by atoms with Gasteiger partial charge in [0.15, 0.2) is 11.7 Å². The summed E-state index contributed by atoms with van der Waals surface area (Å²) < 4.78 is 0. The molecule has 0 spiro atoms. The standard InChI is InChI=1S/3C9H14N2.C8H14N2.C7H13N3.C6H10N4.C6H8N2.C6H7N.C5H6N2.C5H8N2.4C4H10/c1-7(2)9-6-8(3)10-4-5-11-9;2*1-7(2)9-10-6-4-5-8(3)11-9;1-6(2)8-9-5-4-7(3)10-8;1-5(2)7-9-4-8-6(3)10-7;1-4(2)6-9-7-5(3)8-10-6;1-5-3-4-7-6(2)8-5;1-6-4-2-3-5-7-6;1-5-4-6-2-3-7-5;1-5-2-3-6-4-7-5;4*1-4(2)3/h4-5,7,10H,3,6H2,1-2H3;4,6-7H,3,5H2,1-2H3,(H,10,11);4-5,7H,3,6H2,1-2H3,(H,10,11);6H,3-5H2,1-2H3,(H,9,10);5,8H,3-4H2,1-2H3,(H,9,10);4,7H,3H2,1-2H3;3-4,7-8H,1-2H2;2-5,7H,1H2;2-4,7H,1H2;2-3,6-7H,1,4H2;4*4H,1-3H3. The van der Waals surface area contributed by atoms with E-state index in [0.717, 1.165) is 143 Å². The Balaban J connectivity index is -0.000000546. The number of allylic oxidation sites excluding steroid dienone is 9. The van der Waals surface area contributed by atoms with E-state index in [0.29, 0.717) is 53.8 Å². The summed E-state index contributed by atoms with van der Waals surface area (Å²) in [6.07, 6.45) is 34.2. The molecule has 0 aromatic carbocycles. The molecule has 10 aliphatic heterocycles. The number of amidine groups is 5. The maximum absolute atomic E-state index is 4.33. The highest BCUT2D eigenvalue weighted by Crippen LogP contribution is 2.11. The minimum absolute atomic E-state index is 0.310. The Labute approximate surface area is 657 Å². The first-order chi connectivity index (χ1) is 50.6. The van der Waals surface area contributed by atoms with Crippen molar-refractivity contribution in [2.24, 2.45) is 104 Å². The van der Waals surface area contributed by atoms with Crippen LogP contribution >= 0.6 is 0 Å². The second kappa shape index (κ2) is 65.1. The number of dihydropyridines is 1. The molecular formula is C86H148N22. The van der Waals surface area contributed by atoms with Crippen LogP contribution < -0.4 is 69.2 Å². The fourth-order valence-electron chi connectivity index (χ4n) is 6.73. The maximum atomic E-state index is 4.33. The molecule has 0 aromatic heterocycles. The van der Waals surface area contributed by atoms with E-state index in [4.69, 9.17) is 0 Å². The van der Waals surface area contributed by atoms with Crippen LogP contribution in [0, 0.1) is 59.2 Å². The van der Waals surface area contributed by atoms with Gasteiger partial charge in [-0.2, -0.15) is 5.10 Å². The Kier molecular flexibility index (Phi) is 62.7. The lowest BCUT2D eigenvalue weighted by Crippen LogP contribution is -2.39. The normalized spacial score (nSPS) is 16.4. The van der Waals surface area contributed by atoms with Gasteiger partial charge < -0.3 is 63.8 Å². The average molecular weight is 1490 g/mol. The molecule has 0 fully saturated rings. The fraction of sp³-hybridized carbons (Fsp3) is 0.477. The molecule has 0 bridgehead atoms. The van der Waals surface area contributed by atoms with Crippen molar-refractivity contribution < 1.29 is 0 Å². The monoisotopic (exact) mass is 1490 g/mol. The molecule has 0 atom stereocenters. The van der Waals surface area contributed by atoms with Crippen LogP contribution in [0.25, 0.3) is 0 Å². The molecule has 0 aliphatic carbocycles. The summed E-state index contributed by atoms with van der Waals surface area (Å²) in [7, 11) is 0. The lowest BCUT2D eigenvalue weighted by molar-refractivity contribution is 0.702. The number of rotatable bonds is 6. The second-order valence-corrected chi connectivity index (χ2v) is 29.5. The van der Waals surface area contributed by atoms with Gasteiger partial charge in [-0.15, -0.1) is 10.2 Å². The Bertz CT molecular complexity index is 3090. The van der Waals surface area contributed by atoms with Crippen molar-refractivity contribution in [2.75, 3.05) is 26.4 Å². The van der Waals surface area contributed by atoms with Crippen molar-refractivity contribution in [3.8, 4) is 0 Å². The maximum Gasteiger partial charge on any atom is 0.173 e. The number of hydrazone groups is 1. The number of nitrogens with one attached hydrogen (secondary N) is 13. The molecule has 0 radical (unpaired) electrons. The lowest BCUT2D eigenvalue weighted by atomic mass is 10.0. The number of aliphatic imine (C=N–C) groups is 6. The van der Waals surface area contributed by atoms with E-state index < -0.39 is 0 Å². The highest BCUT2D eigenvalue weighted by Gasteiger charge is 2.12. The van der Waals surface area contributed by atoms with E-state index in [1.807, 2.05) is 87.3 Å². The van der Waals surface area contributed by atoms with E-state index in [1.165, 1.54) is 5.71 Å². The summed E-state index contributed by atoms with van der Waals surface area (Å²) in [5.41, 5.74) is 11.5. The van der Waals surface area contributed by atoms with E-state index in [2.05, 4.69) is 339 Å². The van der Waals surface area contributed by atoms with Gasteiger partial charge in [0.25, 0.3) is 0 Å². The number of nitrogens with zero attached hydrogens (tertiary/aromatic N) is 9. The molecule has 0 saturated carbocycles. The third-order valence-corrected chi connectivity index (χ3v) is 11.8. The van der Waals surface area contributed by atoms with E-state index in [-0.39, 0.29) is 0 Å². The first-order valence-corrected chi connectivity index (χ1v) is 37.6. The minimum Gasteiger partial charge on any atom is -0.374 e. The minimum atomic E-state index is 0.310.